The van der Waals surface area contributed by atoms with Gasteiger partial charge >= 0.3 is 6.36 Å². The van der Waals surface area contributed by atoms with E-state index < -0.39 is 24.1 Å². The van der Waals surface area contributed by atoms with Crippen LogP contribution in [0.25, 0.3) is 0 Å². The highest BCUT2D eigenvalue weighted by atomic mass is 35.5. The second-order valence-electron chi connectivity index (χ2n) is 2.84. The molecule has 16 heavy (non-hydrogen) atoms. The number of hydrogen-bond acceptors (Lipinski definition) is 1. The van der Waals surface area contributed by atoms with Gasteiger partial charge in [0.05, 0.1) is 0 Å². The van der Waals surface area contributed by atoms with E-state index in [-0.39, 0.29) is 11.4 Å². The number of benzene rings is 1. The highest BCUT2D eigenvalue weighted by Crippen LogP contribution is 2.30. The first-order valence-electron chi connectivity index (χ1n) is 4.06. The molecule has 1 aromatic carbocycles. The molecule has 1 aromatic rings. The first-order valence-corrected chi connectivity index (χ1v) is 4.59. The molecular formula is C9H6ClF5O. The third-order valence-corrected chi connectivity index (χ3v) is 2.02. The Balaban J connectivity index is 3.02. The van der Waals surface area contributed by atoms with Crippen LogP contribution in [0.5, 0.6) is 5.75 Å². The predicted octanol–water partition coefficient (Wildman–Crippen LogP) is 4.26. The van der Waals surface area contributed by atoms with Crippen molar-refractivity contribution in [2.45, 2.75) is 18.7 Å². The van der Waals surface area contributed by atoms with E-state index in [1.165, 1.54) is 0 Å². The molecule has 0 saturated heterocycles. The van der Waals surface area contributed by atoms with Crippen LogP contribution in [-0.4, -0.2) is 6.36 Å². The lowest BCUT2D eigenvalue weighted by Crippen LogP contribution is -2.17. The zero-order valence-corrected chi connectivity index (χ0v) is 8.45. The van der Waals surface area contributed by atoms with E-state index in [9.17, 15) is 22.0 Å². The molecule has 0 atom stereocenters. The fourth-order valence-corrected chi connectivity index (χ4v) is 1.34. The summed E-state index contributed by atoms with van der Waals surface area (Å²) in [7, 11) is 0. The van der Waals surface area contributed by atoms with E-state index in [0.717, 1.165) is 12.1 Å². The van der Waals surface area contributed by atoms with E-state index in [4.69, 9.17) is 11.6 Å². The van der Waals surface area contributed by atoms with Crippen LogP contribution in [0.15, 0.2) is 18.2 Å². The molecule has 0 N–H and O–H groups in total. The predicted molar refractivity (Wildman–Crippen MR) is 47.6 cm³/mol. The topological polar surface area (TPSA) is 9.23 Å². The van der Waals surface area contributed by atoms with Crippen molar-refractivity contribution in [3.05, 3.63) is 29.3 Å². The Hall–Kier alpha value is -1.04. The number of hydrogen-bond donors (Lipinski definition) is 0. The average molecular weight is 261 g/mol. The number of halogens is 6. The lowest BCUT2D eigenvalue weighted by Gasteiger charge is -2.12. The highest BCUT2D eigenvalue weighted by molar-refractivity contribution is 6.17. The van der Waals surface area contributed by atoms with E-state index in [2.05, 4.69) is 4.74 Å². The number of alkyl halides is 6. The standard InChI is InChI=1S/C9H6ClF5O/c10-4-5-1-2-6(16-9(13,14)15)3-7(5)8(11)12/h1-3,8H,4H2. The Kier molecular flexibility index (Phi) is 3.96. The van der Waals surface area contributed by atoms with Gasteiger partial charge in [0.25, 0.3) is 6.43 Å². The molecular weight excluding hydrogens is 255 g/mol. The molecule has 0 saturated carbocycles. The fourth-order valence-electron chi connectivity index (χ4n) is 1.09. The van der Waals surface area contributed by atoms with Crippen molar-refractivity contribution in [2.75, 3.05) is 0 Å². The quantitative estimate of drug-likeness (QED) is 0.583. The summed E-state index contributed by atoms with van der Waals surface area (Å²) in [6.07, 6.45) is -7.80. The Morgan fingerprint density at radius 1 is 1.25 bits per heavy atom. The van der Waals surface area contributed by atoms with Crippen molar-refractivity contribution in [3.8, 4) is 5.75 Å². The largest absolute Gasteiger partial charge is 0.573 e. The minimum atomic E-state index is -4.90. The van der Waals surface area contributed by atoms with Gasteiger partial charge in [0.2, 0.25) is 0 Å². The Morgan fingerprint density at radius 3 is 2.31 bits per heavy atom. The SMILES string of the molecule is FC(F)c1cc(OC(F)(F)F)ccc1CCl. The summed E-state index contributed by atoms with van der Waals surface area (Å²) in [6.45, 7) is 0. The van der Waals surface area contributed by atoms with Crippen LogP contribution in [0.4, 0.5) is 22.0 Å². The van der Waals surface area contributed by atoms with Crippen LogP contribution in [0, 0.1) is 0 Å². The maximum Gasteiger partial charge on any atom is 0.573 e. The Morgan fingerprint density at radius 2 is 1.88 bits per heavy atom. The van der Waals surface area contributed by atoms with Crippen molar-refractivity contribution in [3.63, 3.8) is 0 Å². The molecule has 0 aliphatic rings. The second-order valence-corrected chi connectivity index (χ2v) is 3.11. The van der Waals surface area contributed by atoms with Crippen molar-refractivity contribution in [1.29, 1.82) is 0 Å². The summed E-state index contributed by atoms with van der Waals surface area (Å²) in [4.78, 5) is 0. The third kappa shape index (κ3) is 3.52. The zero-order chi connectivity index (χ0) is 12.3. The maximum absolute atomic E-state index is 12.4. The minimum Gasteiger partial charge on any atom is -0.406 e. The van der Waals surface area contributed by atoms with Gasteiger partial charge in [-0.3, -0.25) is 0 Å². The first-order chi connectivity index (χ1) is 7.33. The van der Waals surface area contributed by atoms with Gasteiger partial charge in [0.1, 0.15) is 5.75 Å². The average Bonchev–Trinajstić information content (AvgIpc) is 2.15. The monoisotopic (exact) mass is 260 g/mol. The minimum absolute atomic E-state index is 0.0752. The zero-order valence-electron chi connectivity index (χ0n) is 7.69. The molecule has 1 nitrogen and oxygen atoms in total. The summed E-state index contributed by atoms with van der Waals surface area (Å²) < 4.78 is 63.8. The summed E-state index contributed by atoms with van der Waals surface area (Å²) >= 11 is 5.37. The van der Waals surface area contributed by atoms with Gasteiger partial charge in [-0.05, 0) is 17.7 Å². The van der Waals surface area contributed by atoms with Crippen LogP contribution in [-0.2, 0) is 5.88 Å². The number of rotatable bonds is 3. The molecule has 0 amide bonds. The second kappa shape index (κ2) is 4.86. The molecule has 0 aliphatic carbocycles. The van der Waals surface area contributed by atoms with Crippen LogP contribution in [0.2, 0.25) is 0 Å². The molecule has 90 valence electrons. The molecule has 0 bridgehead atoms. The Bertz CT molecular complexity index is 363. The van der Waals surface area contributed by atoms with Gasteiger partial charge in [0, 0.05) is 11.4 Å². The molecule has 0 aliphatic heterocycles. The number of ether oxygens (including phenoxy) is 1. The Labute approximate surface area is 92.8 Å². The smallest absolute Gasteiger partial charge is 0.406 e. The molecule has 0 spiro atoms. The molecule has 0 radical (unpaired) electrons. The third-order valence-electron chi connectivity index (χ3n) is 1.73. The molecule has 0 heterocycles. The van der Waals surface area contributed by atoms with Gasteiger partial charge in [-0.2, -0.15) is 0 Å². The lowest BCUT2D eigenvalue weighted by molar-refractivity contribution is -0.274. The van der Waals surface area contributed by atoms with Crippen molar-refractivity contribution < 1.29 is 26.7 Å². The molecule has 0 unspecified atom stereocenters. The summed E-state index contributed by atoms with van der Waals surface area (Å²) in [5.74, 6) is -0.886. The lowest BCUT2D eigenvalue weighted by atomic mass is 10.1. The van der Waals surface area contributed by atoms with Gasteiger partial charge in [-0.1, -0.05) is 6.07 Å². The fraction of sp³-hybridized carbons (Fsp3) is 0.333. The van der Waals surface area contributed by atoms with E-state index in [0.29, 0.717) is 6.07 Å². The van der Waals surface area contributed by atoms with Crippen LogP contribution < -0.4 is 4.74 Å². The van der Waals surface area contributed by atoms with E-state index >= 15 is 0 Å². The first kappa shape index (κ1) is 13.0. The highest BCUT2D eigenvalue weighted by Gasteiger charge is 2.31. The molecule has 0 aromatic heterocycles. The van der Waals surface area contributed by atoms with Gasteiger partial charge in [0.15, 0.2) is 0 Å². The van der Waals surface area contributed by atoms with Crippen molar-refractivity contribution in [1.82, 2.24) is 0 Å². The van der Waals surface area contributed by atoms with Gasteiger partial charge < -0.3 is 4.74 Å². The van der Waals surface area contributed by atoms with Gasteiger partial charge in [-0.25, -0.2) is 8.78 Å². The summed E-state index contributed by atoms with van der Waals surface area (Å²) in [6, 6.07) is 2.66. The summed E-state index contributed by atoms with van der Waals surface area (Å²) in [5, 5.41) is 0. The molecule has 7 heteroatoms. The summed E-state index contributed by atoms with van der Waals surface area (Å²) in [5.41, 5.74) is -0.483. The molecule has 1 rings (SSSR count). The van der Waals surface area contributed by atoms with E-state index in [1.807, 2.05) is 0 Å². The molecule has 0 fully saturated rings. The van der Waals surface area contributed by atoms with E-state index in [1.54, 1.807) is 0 Å². The van der Waals surface area contributed by atoms with Crippen LogP contribution in [0.1, 0.15) is 17.6 Å². The van der Waals surface area contributed by atoms with Crippen molar-refractivity contribution >= 4 is 11.6 Å². The van der Waals surface area contributed by atoms with Crippen LogP contribution in [0.3, 0.4) is 0 Å². The maximum atomic E-state index is 12.4. The normalized spacial score (nSPS) is 11.9. The van der Waals surface area contributed by atoms with Crippen LogP contribution >= 0.6 is 11.6 Å². The van der Waals surface area contributed by atoms with Gasteiger partial charge in [-0.15, -0.1) is 24.8 Å². The van der Waals surface area contributed by atoms with Crippen molar-refractivity contribution in [2.24, 2.45) is 0 Å².